The highest BCUT2D eigenvalue weighted by Gasteiger charge is 2.43. The van der Waals surface area contributed by atoms with Gasteiger partial charge in [-0.15, -0.1) is 0 Å². The van der Waals surface area contributed by atoms with Crippen LogP contribution in [-0.2, 0) is 4.74 Å². The molecule has 1 atom stereocenters. The summed E-state index contributed by atoms with van der Waals surface area (Å²) < 4.78 is 5.47. The molecule has 1 heterocycles. The molecule has 1 aliphatic rings. The molecule has 0 aromatic heterocycles. The van der Waals surface area contributed by atoms with Gasteiger partial charge in [0.05, 0.1) is 0 Å². The van der Waals surface area contributed by atoms with Gasteiger partial charge in [0.2, 0.25) is 0 Å². The lowest BCUT2D eigenvalue weighted by atomic mass is 9.89. The van der Waals surface area contributed by atoms with Crippen LogP contribution in [0.25, 0.3) is 0 Å². The minimum atomic E-state index is -0.414. The predicted molar refractivity (Wildman–Crippen MR) is 70.0 cm³/mol. The third-order valence-corrected chi connectivity index (χ3v) is 3.47. The van der Waals surface area contributed by atoms with Gasteiger partial charge in [0.25, 0.3) is 0 Å². The molecule has 17 heavy (non-hydrogen) atoms. The van der Waals surface area contributed by atoms with Gasteiger partial charge in [0, 0.05) is 12.1 Å². The van der Waals surface area contributed by atoms with Crippen LogP contribution in [0.2, 0.25) is 0 Å². The summed E-state index contributed by atoms with van der Waals surface area (Å²) in [4.78, 5) is 14.0. The van der Waals surface area contributed by atoms with Gasteiger partial charge >= 0.3 is 6.09 Å². The van der Waals surface area contributed by atoms with E-state index in [0.717, 1.165) is 13.0 Å². The number of ether oxygens (including phenoxy) is 1. The molecule has 1 amide bonds. The third kappa shape index (κ3) is 3.62. The summed E-state index contributed by atoms with van der Waals surface area (Å²) in [6, 6.07) is 0. The molecule has 1 fully saturated rings. The molecular weight excluding hydrogens is 214 g/mol. The van der Waals surface area contributed by atoms with Gasteiger partial charge in [-0.1, -0.05) is 13.8 Å². The SMILES string of the molecule is CC(C)C1CN(C(=O)OC(C)(C)C)C(C)(C)C1. The Balaban J connectivity index is 2.74. The fraction of sp³-hybridized carbons (Fsp3) is 0.929. The monoisotopic (exact) mass is 241 g/mol. The molecule has 0 aliphatic carbocycles. The van der Waals surface area contributed by atoms with Crippen LogP contribution >= 0.6 is 0 Å². The molecule has 0 aromatic rings. The maximum absolute atomic E-state index is 12.1. The van der Waals surface area contributed by atoms with E-state index in [1.54, 1.807) is 0 Å². The van der Waals surface area contributed by atoms with Crippen LogP contribution in [-0.4, -0.2) is 28.7 Å². The minimum absolute atomic E-state index is 0.0860. The molecular formula is C14H27NO2. The first kappa shape index (κ1) is 14.3. The Morgan fingerprint density at radius 2 is 1.88 bits per heavy atom. The topological polar surface area (TPSA) is 29.5 Å². The largest absolute Gasteiger partial charge is 0.444 e. The second-order valence-corrected chi connectivity index (χ2v) is 7.11. The van der Waals surface area contributed by atoms with Crippen LogP contribution in [0.5, 0.6) is 0 Å². The van der Waals surface area contributed by atoms with Crippen LogP contribution in [0, 0.1) is 11.8 Å². The summed E-state index contributed by atoms with van der Waals surface area (Å²) in [5, 5.41) is 0. The predicted octanol–water partition coefficient (Wildman–Crippen LogP) is 3.68. The highest BCUT2D eigenvalue weighted by molar-refractivity contribution is 5.69. The summed E-state index contributed by atoms with van der Waals surface area (Å²) in [5.74, 6) is 1.19. The van der Waals surface area contributed by atoms with E-state index < -0.39 is 5.60 Å². The Bertz CT molecular complexity index is 289. The summed E-state index contributed by atoms with van der Waals surface area (Å²) in [6.07, 6.45) is 0.884. The lowest BCUT2D eigenvalue weighted by Crippen LogP contribution is -2.45. The van der Waals surface area contributed by atoms with Crippen molar-refractivity contribution in [3.8, 4) is 0 Å². The number of likely N-dealkylation sites (tertiary alicyclic amines) is 1. The maximum atomic E-state index is 12.1. The first-order chi connectivity index (χ1) is 7.53. The number of carbonyl (C=O) groups excluding carboxylic acids is 1. The number of hydrogen-bond donors (Lipinski definition) is 0. The third-order valence-electron chi connectivity index (χ3n) is 3.47. The second-order valence-electron chi connectivity index (χ2n) is 7.11. The van der Waals surface area contributed by atoms with Crippen molar-refractivity contribution in [2.24, 2.45) is 11.8 Å². The van der Waals surface area contributed by atoms with E-state index in [4.69, 9.17) is 4.74 Å². The van der Waals surface area contributed by atoms with Crippen molar-refractivity contribution in [2.75, 3.05) is 6.54 Å². The van der Waals surface area contributed by atoms with Gasteiger partial charge < -0.3 is 9.64 Å². The molecule has 1 saturated heterocycles. The molecule has 0 radical (unpaired) electrons. The van der Waals surface area contributed by atoms with Crippen LogP contribution in [0.1, 0.15) is 54.9 Å². The maximum Gasteiger partial charge on any atom is 0.410 e. The van der Waals surface area contributed by atoms with Gasteiger partial charge in [0.1, 0.15) is 5.60 Å². The van der Waals surface area contributed by atoms with E-state index >= 15 is 0 Å². The van der Waals surface area contributed by atoms with Gasteiger partial charge in [-0.2, -0.15) is 0 Å². The molecule has 0 saturated carbocycles. The highest BCUT2D eigenvalue weighted by atomic mass is 16.6. The van der Waals surface area contributed by atoms with E-state index in [1.165, 1.54) is 0 Å². The number of amides is 1. The fourth-order valence-electron chi connectivity index (χ4n) is 2.38. The van der Waals surface area contributed by atoms with Crippen molar-refractivity contribution in [1.82, 2.24) is 4.90 Å². The van der Waals surface area contributed by atoms with Crippen LogP contribution in [0.4, 0.5) is 4.79 Å². The molecule has 1 unspecified atom stereocenters. The van der Waals surface area contributed by atoms with Gasteiger partial charge in [-0.05, 0) is 52.9 Å². The van der Waals surface area contributed by atoms with Crippen molar-refractivity contribution in [3.05, 3.63) is 0 Å². The average molecular weight is 241 g/mol. The van der Waals surface area contributed by atoms with Gasteiger partial charge in [0.15, 0.2) is 0 Å². The second kappa shape index (κ2) is 4.51. The standard InChI is InChI=1S/C14H27NO2/c1-10(2)11-8-14(6,7)15(9-11)12(16)17-13(3,4)5/h10-11H,8-9H2,1-7H3. The normalized spacial score (nSPS) is 24.2. The summed E-state index contributed by atoms with van der Waals surface area (Å²) in [6.45, 7) is 15.2. The summed E-state index contributed by atoms with van der Waals surface area (Å²) in [7, 11) is 0. The van der Waals surface area contributed by atoms with Crippen molar-refractivity contribution >= 4 is 6.09 Å². The van der Waals surface area contributed by atoms with E-state index in [1.807, 2.05) is 25.7 Å². The number of carbonyl (C=O) groups is 1. The van der Waals surface area contributed by atoms with Crippen LogP contribution in [0.3, 0.4) is 0 Å². The molecule has 3 nitrogen and oxygen atoms in total. The van der Waals surface area contributed by atoms with E-state index in [0.29, 0.717) is 11.8 Å². The molecule has 1 aliphatic heterocycles. The molecule has 3 heteroatoms. The average Bonchev–Trinajstić information content (AvgIpc) is 2.38. The number of rotatable bonds is 1. The Morgan fingerprint density at radius 3 is 2.24 bits per heavy atom. The van der Waals surface area contributed by atoms with Crippen molar-refractivity contribution in [1.29, 1.82) is 0 Å². The van der Waals surface area contributed by atoms with Crippen molar-refractivity contribution < 1.29 is 9.53 Å². The molecule has 0 bridgehead atoms. The van der Waals surface area contributed by atoms with E-state index in [9.17, 15) is 4.79 Å². The summed E-state index contributed by atoms with van der Waals surface area (Å²) >= 11 is 0. The van der Waals surface area contributed by atoms with E-state index in [-0.39, 0.29) is 11.6 Å². The Hall–Kier alpha value is -0.730. The molecule has 0 N–H and O–H groups in total. The first-order valence-electron chi connectivity index (χ1n) is 6.53. The quantitative estimate of drug-likeness (QED) is 0.701. The Kier molecular flexibility index (Phi) is 3.80. The smallest absolute Gasteiger partial charge is 0.410 e. The van der Waals surface area contributed by atoms with E-state index in [2.05, 4.69) is 27.7 Å². The Morgan fingerprint density at radius 1 is 1.35 bits per heavy atom. The van der Waals surface area contributed by atoms with Crippen LogP contribution < -0.4 is 0 Å². The highest BCUT2D eigenvalue weighted by Crippen LogP contribution is 2.37. The minimum Gasteiger partial charge on any atom is -0.444 e. The molecule has 100 valence electrons. The summed E-state index contributed by atoms with van der Waals surface area (Å²) in [5.41, 5.74) is -0.500. The number of nitrogens with zero attached hydrogens (tertiary/aromatic N) is 1. The van der Waals surface area contributed by atoms with Gasteiger partial charge in [-0.3, -0.25) is 0 Å². The number of hydrogen-bond acceptors (Lipinski definition) is 2. The van der Waals surface area contributed by atoms with Crippen molar-refractivity contribution in [3.63, 3.8) is 0 Å². The zero-order chi connectivity index (χ0) is 13.4. The lowest BCUT2D eigenvalue weighted by Gasteiger charge is -2.33. The van der Waals surface area contributed by atoms with Crippen LogP contribution in [0.15, 0.2) is 0 Å². The Labute approximate surface area is 106 Å². The lowest BCUT2D eigenvalue weighted by molar-refractivity contribution is 0.0130. The fourth-order valence-corrected chi connectivity index (χ4v) is 2.38. The molecule has 1 rings (SSSR count). The first-order valence-corrected chi connectivity index (χ1v) is 6.53. The van der Waals surface area contributed by atoms with Gasteiger partial charge in [-0.25, -0.2) is 4.79 Å². The molecule has 0 spiro atoms. The zero-order valence-corrected chi connectivity index (χ0v) is 12.3. The molecule has 0 aromatic carbocycles. The van der Waals surface area contributed by atoms with Crippen molar-refractivity contribution in [2.45, 2.75) is 66.0 Å². The zero-order valence-electron chi connectivity index (χ0n) is 12.3.